The van der Waals surface area contributed by atoms with Crippen molar-refractivity contribution < 1.29 is 0 Å². The zero-order valence-electron chi connectivity index (χ0n) is 13.7. The first-order valence-corrected chi connectivity index (χ1v) is 8.83. The first-order chi connectivity index (χ1) is 11.3. The minimum absolute atomic E-state index is 0.524. The van der Waals surface area contributed by atoms with E-state index in [9.17, 15) is 0 Å². The number of rotatable bonds is 1. The Bertz CT molecular complexity index is 843. The molecular weight excluding hydrogens is 275 g/mol. The molecule has 0 N–H and O–H groups in total. The molecule has 0 heterocycles. The van der Waals surface area contributed by atoms with Crippen molar-refractivity contribution in [3.8, 4) is 0 Å². The summed E-state index contributed by atoms with van der Waals surface area (Å²) < 4.78 is 0. The molecule has 2 aromatic rings. The van der Waals surface area contributed by atoms with Gasteiger partial charge >= 0.3 is 0 Å². The quantitative estimate of drug-likeness (QED) is 0.675. The van der Waals surface area contributed by atoms with E-state index in [1.807, 2.05) is 0 Å². The van der Waals surface area contributed by atoms with Gasteiger partial charge in [0.2, 0.25) is 0 Å². The van der Waals surface area contributed by atoms with Gasteiger partial charge in [-0.05, 0) is 34.1 Å². The summed E-state index contributed by atoms with van der Waals surface area (Å²) in [5.41, 5.74) is 7.75. The third-order valence-corrected chi connectivity index (χ3v) is 6.11. The van der Waals surface area contributed by atoms with Gasteiger partial charge in [0.05, 0.1) is 0 Å². The second kappa shape index (κ2) is 4.74. The topological polar surface area (TPSA) is 0 Å². The molecule has 0 spiro atoms. The number of allylic oxidation sites excluding steroid dienone is 4. The molecule has 0 fully saturated rings. The largest absolute Gasteiger partial charge is 0.169 e. The molecule has 112 valence electrons. The summed E-state index contributed by atoms with van der Waals surface area (Å²) in [6.07, 6.45) is 9.38. The van der Waals surface area contributed by atoms with Crippen LogP contribution in [-0.4, -0.2) is 6.71 Å². The lowest BCUT2D eigenvalue weighted by molar-refractivity contribution is 0.331. The fraction of sp³-hybridized carbons (Fsp3) is 0.273. The molecule has 23 heavy (non-hydrogen) atoms. The predicted molar refractivity (Wildman–Crippen MR) is 98.9 cm³/mol. The summed E-state index contributed by atoms with van der Waals surface area (Å²) in [5, 5.41) is 0. The van der Waals surface area contributed by atoms with Crippen molar-refractivity contribution in [3.63, 3.8) is 0 Å². The second-order valence-corrected chi connectivity index (χ2v) is 7.55. The Hall–Kier alpha value is -2.02. The number of hydrogen-bond acceptors (Lipinski definition) is 0. The average Bonchev–Trinajstić information content (AvgIpc) is 2.60. The van der Waals surface area contributed by atoms with Crippen LogP contribution >= 0.6 is 0 Å². The van der Waals surface area contributed by atoms with Crippen LogP contribution < -0.4 is 5.46 Å². The first kappa shape index (κ1) is 13.4. The lowest BCUT2D eigenvalue weighted by atomic mass is 9.47. The van der Waals surface area contributed by atoms with E-state index < -0.39 is 0 Å². The Morgan fingerprint density at radius 1 is 0.696 bits per heavy atom. The highest BCUT2D eigenvalue weighted by Crippen LogP contribution is 2.59. The number of hydrogen-bond donors (Lipinski definition) is 0. The lowest BCUT2D eigenvalue weighted by Gasteiger charge is -2.50. The van der Waals surface area contributed by atoms with E-state index in [0.717, 1.165) is 0 Å². The van der Waals surface area contributed by atoms with Gasteiger partial charge in [-0.15, -0.1) is 0 Å². The molecule has 0 radical (unpaired) electrons. The summed E-state index contributed by atoms with van der Waals surface area (Å²) in [5.74, 6) is 2.29. The van der Waals surface area contributed by atoms with Crippen LogP contribution in [0.15, 0.2) is 66.8 Å². The van der Waals surface area contributed by atoms with Crippen molar-refractivity contribution in [2.75, 3.05) is 0 Å². The highest BCUT2D eigenvalue weighted by Gasteiger charge is 2.48. The van der Waals surface area contributed by atoms with Gasteiger partial charge in [-0.1, -0.05) is 85.9 Å². The molecule has 0 aromatic heterocycles. The SMILES string of the molecule is CB(C)c1ccc2c(c1)C1c3ccccc3C2C2C=CC=CC12. The second-order valence-electron chi connectivity index (χ2n) is 7.55. The van der Waals surface area contributed by atoms with Crippen molar-refractivity contribution >= 4 is 12.2 Å². The summed E-state index contributed by atoms with van der Waals surface area (Å²) in [4.78, 5) is 0. The molecule has 6 rings (SSSR count). The molecule has 0 nitrogen and oxygen atoms in total. The Morgan fingerprint density at radius 3 is 1.87 bits per heavy atom. The van der Waals surface area contributed by atoms with Crippen LogP contribution in [0.4, 0.5) is 0 Å². The Kier molecular flexibility index (Phi) is 2.77. The zero-order chi connectivity index (χ0) is 15.6. The minimum Gasteiger partial charge on any atom is -0.0819 e. The van der Waals surface area contributed by atoms with Gasteiger partial charge in [-0.25, -0.2) is 0 Å². The molecule has 4 aliphatic carbocycles. The molecule has 2 bridgehead atoms. The minimum atomic E-state index is 0.524. The maximum atomic E-state index is 2.50. The highest BCUT2D eigenvalue weighted by atomic mass is 14.5. The molecule has 0 saturated carbocycles. The van der Waals surface area contributed by atoms with Crippen LogP contribution in [0.5, 0.6) is 0 Å². The fourth-order valence-electron chi connectivity index (χ4n) is 5.05. The first-order valence-electron chi connectivity index (χ1n) is 8.83. The predicted octanol–water partition coefficient (Wildman–Crippen LogP) is 4.60. The van der Waals surface area contributed by atoms with E-state index in [0.29, 0.717) is 30.4 Å². The van der Waals surface area contributed by atoms with E-state index in [4.69, 9.17) is 0 Å². The van der Waals surface area contributed by atoms with Gasteiger partial charge in [0.25, 0.3) is 0 Å². The average molecular weight is 296 g/mol. The normalized spacial score (nSPS) is 29.0. The molecular formula is C22H21B. The molecule has 1 heteroatoms. The molecule has 4 aliphatic rings. The van der Waals surface area contributed by atoms with Crippen molar-refractivity contribution in [2.45, 2.75) is 25.5 Å². The van der Waals surface area contributed by atoms with Crippen LogP contribution in [0.3, 0.4) is 0 Å². The van der Waals surface area contributed by atoms with Crippen molar-refractivity contribution in [3.05, 3.63) is 89.0 Å². The van der Waals surface area contributed by atoms with Crippen LogP contribution in [0.2, 0.25) is 13.6 Å². The third kappa shape index (κ3) is 1.74. The van der Waals surface area contributed by atoms with Gasteiger partial charge in [-0.2, -0.15) is 0 Å². The zero-order valence-corrected chi connectivity index (χ0v) is 13.7. The molecule has 2 aromatic carbocycles. The van der Waals surface area contributed by atoms with Gasteiger partial charge in [0.15, 0.2) is 6.71 Å². The summed E-state index contributed by atoms with van der Waals surface area (Å²) >= 11 is 0. The smallest absolute Gasteiger partial charge is 0.0819 e. The van der Waals surface area contributed by atoms with E-state index in [2.05, 4.69) is 80.4 Å². The van der Waals surface area contributed by atoms with Crippen molar-refractivity contribution in [2.24, 2.45) is 11.8 Å². The monoisotopic (exact) mass is 296 g/mol. The molecule has 0 aliphatic heterocycles. The van der Waals surface area contributed by atoms with Crippen molar-refractivity contribution in [1.29, 1.82) is 0 Å². The highest BCUT2D eigenvalue weighted by molar-refractivity contribution is 6.70. The molecule has 4 unspecified atom stereocenters. The van der Waals surface area contributed by atoms with Gasteiger partial charge in [0, 0.05) is 11.8 Å². The Balaban J connectivity index is 1.79. The molecule has 4 atom stereocenters. The molecule has 0 amide bonds. The van der Waals surface area contributed by atoms with E-state index in [1.54, 1.807) is 22.3 Å². The summed E-state index contributed by atoms with van der Waals surface area (Å²) in [6, 6.07) is 16.4. The van der Waals surface area contributed by atoms with Crippen LogP contribution in [0.1, 0.15) is 34.1 Å². The van der Waals surface area contributed by atoms with E-state index in [-0.39, 0.29) is 0 Å². The summed E-state index contributed by atoms with van der Waals surface area (Å²) in [6.45, 7) is 5.18. The maximum Gasteiger partial charge on any atom is 0.169 e. The standard InChI is InChI=1S/C22H21B/c1-23(2)14-11-12-19-20(13-14)22-17-9-5-3-7-15(17)21(19)16-8-4-6-10-18(16)22/h3-13,15,17,21-22H,1-2H3. The van der Waals surface area contributed by atoms with Gasteiger partial charge < -0.3 is 0 Å². The molecule has 0 saturated heterocycles. The number of benzene rings is 2. The Morgan fingerprint density at radius 2 is 1.26 bits per heavy atom. The fourth-order valence-corrected chi connectivity index (χ4v) is 5.05. The third-order valence-electron chi connectivity index (χ3n) is 6.11. The van der Waals surface area contributed by atoms with Gasteiger partial charge in [0.1, 0.15) is 0 Å². The van der Waals surface area contributed by atoms with Crippen LogP contribution in [0.25, 0.3) is 0 Å². The maximum absolute atomic E-state index is 2.50. The van der Waals surface area contributed by atoms with Crippen molar-refractivity contribution in [1.82, 2.24) is 0 Å². The lowest BCUT2D eigenvalue weighted by Crippen LogP contribution is -2.40. The van der Waals surface area contributed by atoms with Crippen LogP contribution in [0, 0.1) is 11.8 Å². The van der Waals surface area contributed by atoms with Crippen LogP contribution in [-0.2, 0) is 0 Å². The van der Waals surface area contributed by atoms with Gasteiger partial charge in [-0.3, -0.25) is 0 Å². The Labute approximate surface area is 139 Å². The van der Waals surface area contributed by atoms with E-state index >= 15 is 0 Å². The van der Waals surface area contributed by atoms with E-state index in [1.165, 1.54) is 5.46 Å². The summed E-state index contributed by atoms with van der Waals surface area (Å²) in [7, 11) is 0.